The van der Waals surface area contributed by atoms with Crippen LogP contribution in [0.4, 0.5) is 0 Å². The average Bonchev–Trinajstić information content (AvgIpc) is 3.03. The molecule has 2 heterocycles. The van der Waals surface area contributed by atoms with Crippen LogP contribution in [0.1, 0.15) is 31.4 Å². The van der Waals surface area contributed by atoms with E-state index < -0.39 is 11.4 Å². The summed E-state index contributed by atoms with van der Waals surface area (Å²) in [6.07, 6.45) is 1.31. The molecule has 120 valence electrons. The second kappa shape index (κ2) is 5.66. The van der Waals surface area contributed by atoms with Gasteiger partial charge < -0.3 is 9.47 Å². The Morgan fingerprint density at radius 3 is 2.04 bits per heavy atom. The van der Waals surface area contributed by atoms with Crippen LogP contribution in [0.2, 0.25) is 0 Å². The minimum absolute atomic E-state index is 0.226. The van der Waals surface area contributed by atoms with Gasteiger partial charge in [0, 0.05) is 0 Å². The highest BCUT2D eigenvalue weighted by atomic mass is 32.2. The van der Waals surface area contributed by atoms with Gasteiger partial charge in [-0.25, -0.2) is 0 Å². The summed E-state index contributed by atoms with van der Waals surface area (Å²) in [5.74, 6) is 0.522. The zero-order chi connectivity index (χ0) is 15.9. The van der Waals surface area contributed by atoms with Crippen LogP contribution < -0.4 is 0 Å². The fraction of sp³-hybridized carbons (Fsp3) is 0.400. The molecule has 2 saturated heterocycles. The lowest BCUT2D eigenvalue weighted by Gasteiger charge is -2.51. The Bertz CT molecular complexity index is 629. The molecule has 2 aliphatic heterocycles. The van der Waals surface area contributed by atoms with Crippen molar-refractivity contribution < 1.29 is 9.47 Å². The van der Waals surface area contributed by atoms with E-state index in [1.54, 1.807) is 0 Å². The summed E-state index contributed by atoms with van der Waals surface area (Å²) in [4.78, 5) is 0. The number of hydrogen-bond donors (Lipinski definition) is 0. The van der Waals surface area contributed by atoms with E-state index in [0.717, 1.165) is 12.2 Å². The van der Waals surface area contributed by atoms with Gasteiger partial charge in [0.15, 0.2) is 5.79 Å². The van der Waals surface area contributed by atoms with Gasteiger partial charge in [0.1, 0.15) is 5.60 Å². The van der Waals surface area contributed by atoms with E-state index in [1.165, 1.54) is 11.1 Å². The number of benzene rings is 2. The Balaban J connectivity index is 1.95. The summed E-state index contributed by atoms with van der Waals surface area (Å²) < 4.78 is 13.0. The van der Waals surface area contributed by atoms with E-state index in [1.807, 2.05) is 25.6 Å². The molecule has 0 aromatic heterocycles. The van der Waals surface area contributed by atoms with Crippen molar-refractivity contribution in [3.05, 3.63) is 71.8 Å². The van der Waals surface area contributed by atoms with Crippen LogP contribution in [0.5, 0.6) is 0 Å². The molecule has 23 heavy (non-hydrogen) atoms. The van der Waals surface area contributed by atoms with Gasteiger partial charge in [0.2, 0.25) is 0 Å². The van der Waals surface area contributed by atoms with Crippen LogP contribution in [0.25, 0.3) is 0 Å². The second-order valence-corrected chi connectivity index (χ2v) is 7.96. The van der Waals surface area contributed by atoms with Crippen LogP contribution in [0, 0.1) is 0 Å². The average molecular weight is 326 g/mol. The molecule has 0 amide bonds. The highest BCUT2D eigenvalue weighted by Crippen LogP contribution is 2.54. The summed E-state index contributed by atoms with van der Waals surface area (Å²) in [5.41, 5.74) is 1.97. The fourth-order valence-corrected chi connectivity index (χ4v) is 5.47. The Labute approximate surface area is 142 Å². The van der Waals surface area contributed by atoms with Gasteiger partial charge in [0.25, 0.3) is 0 Å². The maximum atomic E-state index is 6.70. The summed E-state index contributed by atoms with van der Waals surface area (Å²) in [7, 11) is 0. The number of fused-ring (bicyclic) bond motifs is 1. The topological polar surface area (TPSA) is 18.5 Å². The summed E-state index contributed by atoms with van der Waals surface area (Å²) in [6.45, 7) is 4.07. The molecule has 4 rings (SSSR count). The van der Waals surface area contributed by atoms with Crippen molar-refractivity contribution in [3.8, 4) is 0 Å². The third-order valence-electron chi connectivity index (χ3n) is 4.69. The van der Waals surface area contributed by atoms with Crippen LogP contribution in [0.3, 0.4) is 0 Å². The van der Waals surface area contributed by atoms with Crippen molar-refractivity contribution in [3.63, 3.8) is 0 Å². The standard InChI is InChI=1S/C20H22O2S/c1-19(2)21-17-13-14-23-18(17)20(22-19,15-9-5-3-6-10-15)16-11-7-4-8-12-16/h3-12,17-18H,13-14H2,1-2H3/t17-,18+/m0/s1. The number of rotatable bonds is 2. The number of ether oxygens (including phenoxy) is 2. The molecule has 0 unspecified atom stereocenters. The lowest BCUT2D eigenvalue weighted by Crippen LogP contribution is -2.58. The fourth-order valence-electron chi connectivity index (χ4n) is 3.89. The summed E-state index contributed by atoms with van der Waals surface area (Å²) in [5, 5.41) is 0.278. The van der Waals surface area contributed by atoms with Crippen molar-refractivity contribution in [2.75, 3.05) is 5.75 Å². The molecule has 2 nitrogen and oxygen atoms in total. The SMILES string of the molecule is CC1(C)O[C@H]2CCS[C@H]2C(c2ccccc2)(c2ccccc2)O1. The van der Waals surface area contributed by atoms with E-state index in [4.69, 9.17) is 9.47 Å². The van der Waals surface area contributed by atoms with Crippen molar-refractivity contribution >= 4 is 11.8 Å². The van der Waals surface area contributed by atoms with E-state index >= 15 is 0 Å². The lowest BCUT2D eigenvalue weighted by atomic mass is 9.79. The smallest absolute Gasteiger partial charge is 0.164 e. The van der Waals surface area contributed by atoms with E-state index in [0.29, 0.717) is 0 Å². The minimum atomic E-state index is -0.599. The molecule has 2 fully saturated rings. The molecule has 2 atom stereocenters. The van der Waals surface area contributed by atoms with Crippen LogP contribution in [-0.4, -0.2) is 22.9 Å². The first-order valence-corrected chi connectivity index (χ1v) is 9.27. The highest BCUT2D eigenvalue weighted by Gasteiger charge is 2.57. The highest BCUT2D eigenvalue weighted by molar-refractivity contribution is 8.00. The summed E-state index contributed by atoms with van der Waals surface area (Å²) >= 11 is 1.97. The molecular formula is C20H22O2S. The van der Waals surface area contributed by atoms with Crippen molar-refractivity contribution in [1.82, 2.24) is 0 Å². The van der Waals surface area contributed by atoms with Gasteiger partial charge in [-0.1, -0.05) is 60.7 Å². The molecule has 0 bridgehead atoms. The quantitative estimate of drug-likeness (QED) is 0.804. The van der Waals surface area contributed by atoms with E-state index in [2.05, 4.69) is 60.7 Å². The molecule has 2 aliphatic rings. The van der Waals surface area contributed by atoms with Crippen molar-refractivity contribution in [2.45, 2.75) is 43.0 Å². The molecule has 0 radical (unpaired) electrons. The second-order valence-electron chi connectivity index (χ2n) is 6.71. The normalized spacial score (nSPS) is 28.3. The maximum Gasteiger partial charge on any atom is 0.164 e. The molecule has 0 N–H and O–H groups in total. The Morgan fingerprint density at radius 2 is 1.48 bits per heavy atom. The predicted octanol–water partition coefficient (Wildman–Crippen LogP) is 4.59. The molecular weight excluding hydrogens is 304 g/mol. The van der Waals surface area contributed by atoms with Gasteiger partial charge in [-0.05, 0) is 37.1 Å². The van der Waals surface area contributed by atoms with Crippen molar-refractivity contribution in [1.29, 1.82) is 0 Å². The third-order valence-corrected chi connectivity index (χ3v) is 6.15. The van der Waals surface area contributed by atoms with Crippen LogP contribution >= 0.6 is 11.8 Å². The van der Waals surface area contributed by atoms with Crippen LogP contribution in [0.15, 0.2) is 60.7 Å². The van der Waals surface area contributed by atoms with Gasteiger partial charge in [-0.2, -0.15) is 11.8 Å². The largest absolute Gasteiger partial charge is 0.346 e. The van der Waals surface area contributed by atoms with E-state index in [-0.39, 0.29) is 11.4 Å². The molecule has 0 saturated carbocycles. The van der Waals surface area contributed by atoms with Crippen LogP contribution in [-0.2, 0) is 15.1 Å². The molecule has 0 aliphatic carbocycles. The maximum absolute atomic E-state index is 6.70. The molecule has 3 heteroatoms. The van der Waals surface area contributed by atoms with Gasteiger partial charge in [-0.3, -0.25) is 0 Å². The third kappa shape index (κ3) is 2.51. The van der Waals surface area contributed by atoms with Crippen molar-refractivity contribution in [2.24, 2.45) is 0 Å². The molecule has 2 aromatic carbocycles. The summed E-state index contributed by atoms with van der Waals surface area (Å²) in [6, 6.07) is 21.3. The van der Waals surface area contributed by atoms with E-state index in [9.17, 15) is 0 Å². The first kappa shape index (κ1) is 15.3. The van der Waals surface area contributed by atoms with Gasteiger partial charge in [-0.15, -0.1) is 0 Å². The monoisotopic (exact) mass is 326 g/mol. The Hall–Kier alpha value is -1.29. The predicted molar refractivity (Wildman–Crippen MR) is 94.6 cm³/mol. The zero-order valence-corrected chi connectivity index (χ0v) is 14.4. The zero-order valence-electron chi connectivity index (χ0n) is 13.6. The lowest BCUT2D eigenvalue weighted by molar-refractivity contribution is -0.322. The molecule has 0 spiro atoms. The van der Waals surface area contributed by atoms with Gasteiger partial charge in [0.05, 0.1) is 11.4 Å². The molecule has 2 aromatic rings. The van der Waals surface area contributed by atoms with Gasteiger partial charge >= 0.3 is 0 Å². The first-order chi connectivity index (χ1) is 11.1. The first-order valence-electron chi connectivity index (χ1n) is 8.22. The number of thioether (sulfide) groups is 1. The number of hydrogen-bond acceptors (Lipinski definition) is 3. The Morgan fingerprint density at radius 1 is 0.913 bits per heavy atom. The minimum Gasteiger partial charge on any atom is -0.346 e. The Kier molecular flexibility index (Phi) is 3.75.